The smallest absolute Gasteiger partial charge is 0.213 e. The molecular formula is C21H33IN6O. The molecule has 0 bridgehead atoms. The van der Waals surface area contributed by atoms with Crippen molar-refractivity contribution in [1.82, 2.24) is 25.0 Å². The molecule has 1 atom stereocenters. The highest BCUT2D eigenvalue weighted by molar-refractivity contribution is 14.0. The Bertz CT molecular complexity index is 761. The number of nitrogens with one attached hydrogen (secondary N) is 1. The summed E-state index contributed by atoms with van der Waals surface area (Å²) in [6.07, 6.45) is 9.19. The molecule has 3 rings (SSSR count). The third-order valence-corrected chi connectivity index (χ3v) is 4.87. The number of rotatable bonds is 8. The number of guanidine groups is 1. The van der Waals surface area contributed by atoms with Crippen LogP contribution >= 0.6 is 24.0 Å². The number of aromatic nitrogens is 3. The summed E-state index contributed by atoms with van der Waals surface area (Å²) in [5.74, 6) is 2.31. The molecule has 0 spiro atoms. The van der Waals surface area contributed by atoms with Crippen LogP contribution in [0, 0.1) is 5.92 Å². The maximum absolute atomic E-state index is 5.54. The summed E-state index contributed by atoms with van der Waals surface area (Å²) in [6, 6.07) is 3.97. The van der Waals surface area contributed by atoms with Gasteiger partial charge in [-0.2, -0.15) is 5.10 Å². The van der Waals surface area contributed by atoms with Gasteiger partial charge in [0, 0.05) is 45.1 Å². The highest BCUT2D eigenvalue weighted by Crippen LogP contribution is 2.21. The molecule has 1 N–H and O–H groups in total. The van der Waals surface area contributed by atoms with Crippen molar-refractivity contribution in [3.05, 3.63) is 41.9 Å². The van der Waals surface area contributed by atoms with Crippen molar-refractivity contribution in [2.45, 2.75) is 39.7 Å². The normalized spacial score (nSPS) is 16.6. The minimum Gasteiger partial charge on any atom is -0.478 e. The third-order valence-electron chi connectivity index (χ3n) is 4.87. The third kappa shape index (κ3) is 7.17. The molecule has 8 heteroatoms. The standard InChI is InChI=1S/C21H32N6O.HI/c1-4-10-28-20-7-6-18(12-23-20)13-24-21(22-5-2)27-9-8-17(16-27)11-19-14-25-26(3)15-19;/h6-7,12,14-15,17H,4-5,8-11,13,16H2,1-3H3,(H,22,24);1H. The van der Waals surface area contributed by atoms with Crippen LogP contribution in [0.4, 0.5) is 0 Å². The molecule has 160 valence electrons. The van der Waals surface area contributed by atoms with Crippen molar-refractivity contribution in [2.75, 3.05) is 26.2 Å². The summed E-state index contributed by atoms with van der Waals surface area (Å²) in [5.41, 5.74) is 2.40. The summed E-state index contributed by atoms with van der Waals surface area (Å²) in [7, 11) is 1.97. The average molecular weight is 512 g/mol. The highest BCUT2D eigenvalue weighted by Gasteiger charge is 2.25. The molecular weight excluding hydrogens is 479 g/mol. The lowest BCUT2D eigenvalue weighted by Crippen LogP contribution is -2.40. The van der Waals surface area contributed by atoms with Crippen molar-refractivity contribution in [3.63, 3.8) is 0 Å². The lowest BCUT2D eigenvalue weighted by molar-refractivity contribution is 0.305. The number of halogens is 1. The van der Waals surface area contributed by atoms with E-state index in [1.54, 1.807) is 0 Å². The molecule has 0 saturated carbocycles. The lowest BCUT2D eigenvalue weighted by Gasteiger charge is -2.21. The molecule has 0 amide bonds. The molecule has 29 heavy (non-hydrogen) atoms. The number of pyridine rings is 1. The minimum atomic E-state index is 0. The Morgan fingerprint density at radius 3 is 2.79 bits per heavy atom. The van der Waals surface area contributed by atoms with Crippen molar-refractivity contribution in [3.8, 4) is 5.88 Å². The predicted octanol–water partition coefficient (Wildman–Crippen LogP) is 3.25. The van der Waals surface area contributed by atoms with Crippen molar-refractivity contribution in [1.29, 1.82) is 0 Å². The first-order chi connectivity index (χ1) is 13.7. The fourth-order valence-electron chi connectivity index (χ4n) is 3.49. The second-order valence-corrected chi connectivity index (χ2v) is 7.35. The van der Waals surface area contributed by atoms with E-state index in [9.17, 15) is 0 Å². The van der Waals surface area contributed by atoms with Gasteiger partial charge in [-0.3, -0.25) is 4.68 Å². The zero-order valence-electron chi connectivity index (χ0n) is 17.7. The monoisotopic (exact) mass is 512 g/mol. The predicted molar refractivity (Wildman–Crippen MR) is 127 cm³/mol. The zero-order valence-corrected chi connectivity index (χ0v) is 20.0. The fraction of sp³-hybridized carbons (Fsp3) is 0.571. The largest absolute Gasteiger partial charge is 0.478 e. The first-order valence-corrected chi connectivity index (χ1v) is 10.3. The Labute approximate surface area is 191 Å². The molecule has 1 aliphatic rings. The van der Waals surface area contributed by atoms with E-state index in [4.69, 9.17) is 9.73 Å². The first-order valence-electron chi connectivity index (χ1n) is 10.3. The Hall–Kier alpha value is -1.84. The van der Waals surface area contributed by atoms with Crippen LogP contribution in [0.1, 0.15) is 37.8 Å². The molecule has 0 aliphatic carbocycles. The summed E-state index contributed by atoms with van der Waals surface area (Å²) in [6.45, 7) is 8.45. The number of ether oxygens (including phenoxy) is 1. The number of aryl methyl sites for hydroxylation is 1. The van der Waals surface area contributed by atoms with E-state index in [-0.39, 0.29) is 24.0 Å². The van der Waals surface area contributed by atoms with Crippen LogP contribution in [0.5, 0.6) is 5.88 Å². The van der Waals surface area contributed by atoms with Gasteiger partial charge in [0.05, 0.1) is 19.3 Å². The van der Waals surface area contributed by atoms with Crippen LogP contribution in [0.2, 0.25) is 0 Å². The quantitative estimate of drug-likeness (QED) is 0.334. The van der Waals surface area contributed by atoms with Gasteiger partial charge in [0.2, 0.25) is 5.88 Å². The van der Waals surface area contributed by atoms with Crippen LogP contribution in [0.15, 0.2) is 35.7 Å². The molecule has 2 aromatic heterocycles. The van der Waals surface area contributed by atoms with Crippen molar-refractivity contribution >= 4 is 29.9 Å². The van der Waals surface area contributed by atoms with Gasteiger partial charge in [-0.25, -0.2) is 9.98 Å². The molecule has 1 unspecified atom stereocenters. The SMILES string of the molecule is CCCOc1ccc(CN=C(NCC)N2CCC(Cc3cnn(C)c3)C2)cn1.I. The number of nitrogens with zero attached hydrogens (tertiary/aromatic N) is 5. The van der Waals surface area contributed by atoms with Gasteiger partial charge in [-0.05, 0) is 43.2 Å². The Kier molecular flexibility index (Phi) is 9.69. The second kappa shape index (κ2) is 12.0. The number of aliphatic imine (C=N–C) groups is 1. The number of hydrogen-bond donors (Lipinski definition) is 1. The minimum absolute atomic E-state index is 0. The van der Waals surface area contributed by atoms with E-state index in [0.717, 1.165) is 44.0 Å². The lowest BCUT2D eigenvalue weighted by atomic mass is 10.0. The van der Waals surface area contributed by atoms with E-state index in [1.807, 2.05) is 36.3 Å². The molecule has 1 saturated heterocycles. The summed E-state index contributed by atoms with van der Waals surface area (Å²) < 4.78 is 7.42. The van der Waals surface area contributed by atoms with Gasteiger partial charge >= 0.3 is 0 Å². The summed E-state index contributed by atoms with van der Waals surface area (Å²) in [4.78, 5) is 11.6. The van der Waals surface area contributed by atoms with E-state index in [1.165, 1.54) is 12.0 Å². The molecule has 1 aliphatic heterocycles. The number of hydrogen-bond acceptors (Lipinski definition) is 4. The van der Waals surface area contributed by atoms with E-state index in [0.29, 0.717) is 24.9 Å². The van der Waals surface area contributed by atoms with Crippen LogP contribution in [0.25, 0.3) is 0 Å². The van der Waals surface area contributed by atoms with E-state index >= 15 is 0 Å². The number of likely N-dealkylation sites (tertiary alicyclic amines) is 1. The van der Waals surface area contributed by atoms with Gasteiger partial charge in [-0.15, -0.1) is 24.0 Å². The molecule has 1 fully saturated rings. The summed E-state index contributed by atoms with van der Waals surface area (Å²) in [5, 5.41) is 7.72. The highest BCUT2D eigenvalue weighted by atomic mass is 127. The molecule has 0 aromatic carbocycles. The van der Waals surface area contributed by atoms with Crippen LogP contribution in [-0.4, -0.2) is 51.9 Å². The topological polar surface area (TPSA) is 67.6 Å². The summed E-state index contributed by atoms with van der Waals surface area (Å²) >= 11 is 0. The maximum atomic E-state index is 5.54. The van der Waals surface area contributed by atoms with Crippen LogP contribution in [-0.2, 0) is 20.0 Å². The molecule has 3 heterocycles. The molecule has 2 aromatic rings. The van der Waals surface area contributed by atoms with Gasteiger partial charge in [0.25, 0.3) is 0 Å². The van der Waals surface area contributed by atoms with Crippen LogP contribution in [0.3, 0.4) is 0 Å². The van der Waals surface area contributed by atoms with Gasteiger partial charge in [0.1, 0.15) is 0 Å². The van der Waals surface area contributed by atoms with E-state index in [2.05, 4.69) is 40.3 Å². The van der Waals surface area contributed by atoms with Gasteiger partial charge < -0.3 is 15.0 Å². The van der Waals surface area contributed by atoms with E-state index < -0.39 is 0 Å². The molecule has 0 radical (unpaired) electrons. The maximum Gasteiger partial charge on any atom is 0.213 e. The average Bonchev–Trinajstić information content (AvgIpc) is 3.33. The zero-order chi connectivity index (χ0) is 19.8. The van der Waals surface area contributed by atoms with Crippen molar-refractivity contribution in [2.24, 2.45) is 18.0 Å². The Morgan fingerprint density at radius 1 is 1.28 bits per heavy atom. The van der Waals surface area contributed by atoms with Gasteiger partial charge in [-0.1, -0.05) is 13.0 Å². The Balaban J connectivity index is 0.00000300. The second-order valence-electron chi connectivity index (χ2n) is 7.35. The van der Waals surface area contributed by atoms with Crippen LogP contribution < -0.4 is 10.1 Å². The Morgan fingerprint density at radius 2 is 2.14 bits per heavy atom. The van der Waals surface area contributed by atoms with Crippen molar-refractivity contribution < 1.29 is 4.74 Å². The fourth-order valence-corrected chi connectivity index (χ4v) is 3.49. The van der Waals surface area contributed by atoms with Gasteiger partial charge in [0.15, 0.2) is 5.96 Å². The first kappa shape index (κ1) is 23.4. The molecule has 7 nitrogen and oxygen atoms in total.